The first-order chi connectivity index (χ1) is 16.6. The molecule has 1 aromatic heterocycles. The lowest BCUT2D eigenvalue weighted by molar-refractivity contribution is -0.671. The van der Waals surface area contributed by atoms with Crippen LogP contribution in [0.5, 0.6) is 0 Å². The molecule has 2 amide bonds. The molecule has 0 aromatic carbocycles. The topological polar surface area (TPSA) is 46.2 Å². The van der Waals surface area contributed by atoms with Crippen LogP contribution in [0, 0.1) is 11.8 Å². The summed E-state index contributed by atoms with van der Waals surface area (Å²) in [5.41, 5.74) is 0. The van der Waals surface area contributed by atoms with Crippen molar-refractivity contribution in [1.82, 2.24) is 8.87 Å². The number of unbranched alkanes of at least 4 members (excludes halogenated alkanes) is 1. The van der Waals surface area contributed by atoms with Gasteiger partial charge >= 0.3 is 13.4 Å². The molecule has 36 heavy (non-hydrogen) atoms. The van der Waals surface area contributed by atoms with Crippen LogP contribution in [0.2, 0.25) is 0 Å². The number of halogens is 10. The maximum Gasteiger partial charge on any atom is 0.379 e. The smallest absolute Gasteiger partial charge is 0.273 e. The quantitative estimate of drug-likeness (QED) is 0.0853. The predicted octanol–water partition coefficient (Wildman–Crippen LogP) is 6.99. The number of rotatable bonds is 6. The zero-order valence-corrected chi connectivity index (χ0v) is 23.0. The first kappa shape index (κ1) is 35.2. The molecule has 2 atom stereocenters. The Morgan fingerprint density at radius 2 is 1.47 bits per heavy atom. The number of allylic oxidation sites excluding steroid dienone is 2. The molecule has 2 unspecified atom stereocenters. The number of hydrogen-bond donors (Lipinski definition) is 0. The van der Waals surface area contributed by atoms with Gasteiger partial charge in [0.05, 0.1) is 25.4 Å². The Hall–Kier alpha value is -0.820. The van der Waals surface area contributed by atoms with Gasteiger partial charge in [0, 0.05) is 11.9 Å². The van der Waals surface area contributed by atoms with Crippen LogP contribution in [-0.4, -0.2) is 42.5 Å². The number of aromatic nitrogens is 2. The predicted molar refractivity (Wildman–Crippen MR) is 129 cm³/mol. The molecule has 0 spiro atoms. The monoisotopic (exact) mass is 626 g/mol. The highest BCUT2D eigenvalue weighted by atomic mass is 35.5. The van der Waals surface area contributed by atoms with Gasteiger partial charge in [-0.25, -0.2) is 13.4 Å². The standard InChI is InChI=1S/C10H9Cl4NO2S.C8H15N2.2CHF3/c11-9(12)10(13,14)18-15-7(16)5-3-1-2-4-6(5)8(15)17;1-3-4-5-10-7-6-9(2)8-10;2*2-1(3)4/h1-2,5-6,9H,3-4H2;6-8H,3-5H2,1-2H3;2*1H/q;+1;;. The number of imidazole rings is 1. The molecule has 0 radical (unpaired) electrons. The van der Waals surface area contributed by atoms with Gasteiger partial charge in [0.25, 0.3) is 0 Å². The minimum absolute atomic E-state index is 0.279. The van der Waals surface area contributed by atoms with E-state index in [2.05, 4.69) is 34.8 Å². The summed E-state index contributed by atoms with van der Waals surface area (Å²) in [6.07, 6.45) is 13.8. The van der Waals surface area contributed by atoms with Gasteiger partial charge in [0.1, 0.15) is 12.4 Å². The molecular weight excluding hydrogens is 602 g/mol. The zero-order valence-electron chi connectivity index (χ0n) is 19.2. The molecule has 2 aliphatic rings. The average molecular weight is 628 g/mol. The van der Waals surface area contributed by atoms with E-state index >= 15 is 0 Å². The number of aryl methyl sites for hydroxylation is 2. The van der Waals surface area contributed by atoms with Crippen LogP contribution >= 0.6 is 58.4 Å². The van der Waals surface area contributed by atoms with Crippen molar-refractivity contribution in [3.63, 3.8) is 0 Å². The molecular formula is C20H26Cl4F6N3O2S+. The molecule has 16 heteroatoms. The van der Waals surface area contributed by atoms with Crippen molar-refractivity contribution >= 4 is 70.2 Å². The molecule has 1 aromatic rings. The van der Waals surface area contributed by atoms with Gasteiger partial charge in [0.2, 0.25) is 21.8 Å². The second-order valence-corrected chi connectivity index (χ2v) is 11.4. The van der Waals surface area contributed by atoms with E-state index in [0.717, 1.165) is 10.8 Å². The first-order valence-corrected chi connectivity index (χ1v) is 12.8. The van der Waals surface area contributed by atoms with Crippen LogP contribution < -0.4 is 4.57 Å². The number of hydrogen-bond acceptors (Lipinski definition) is 3. The van der Waals surface area contributed by atoms with E-state index in [9.17, 15) is 35.9 Å². The second-order valence-electron chi connectivity index (χ2n) is 7.25. The Balaban J connectivity index is 0.000000570. The van der Waals surface area contributed by atoms with Crippen molar-refractivity contribution in [2.45, 2.75) is 61.0 Å². The largest absolute Gasteiger partial charge is 0.379 e. The molecule has 1 fully saturated rings. The fourth-order valence-electron chi connectivity index (χ4n) is 3.00. The normalized spacial score (nSPS) is 18.9. The van der Waals surface area contributed by atoms with Crippen LogP contribution in [0.4, 0.5) is 26.3 Å². The van der Waals surface area contributed by atoms with Gasteiger partial charge in [-0.2, -0.15) is 26.3 Å². The number of carbonyl (C=O) groups is 2. The van der Waals surface area contributed by atoms with Gasteiger partial charge in [-0.3, -0.25) is 9.59 Å². The van der Waals surface area contributed by atoms with Crippen molar-refractivity contribution in [2.75, 3.05) is 0 Å². The van der Waals surface area contributed by atoms with E-state index in [4.69, 9.17) is 46.4 Å². The summed E-state index contributed by atoms with van der Waals surface area (Å²) >= 11 is 23.7. The van der Waals surface area contributed by atoms with Crippen molar-refractivity contribution < 1.29 is 40.5 Å². The summed E-state index contributed by atoms with van der Waals surface area (Å²) in [6, 6.07) is 0. The summed E-state index contributed by atoms with van der Waals surface area (Å²) in [7, 11) is 2.04. The van der Waals surface area contributed by atoms with Gasteiger partial charge in [0.15, 0.2) is 4.84 Å². The molecule has 208 valence electrons. The number of nitrogens with zero attached hydrogens (tertiary/aromatic N) is 3. The minimum atomic E-state index is -3.67. The fourth-order valence-corrected chi connectivity index (χ4v) is 4.42. The molecule has 5 nitrogen and oxygen atoms in total. The Bertz CT molecular complexity index is 796. The minimum Gasteiger partial charge on any atom is -0.273 e. The SMILES string of the molecule is CCCCn1cc[n+](C)c1.FC(F)F.FC(F)F.O=C1C2CC=CCC2C(=O)N1SC(Cl)(Cl)C(Cl)Cl. The van der Waals surface area contributed by atoms with Crippen LogP contribution in [0.25, 0.3) is 0 Å². The third-order valence-corrected chi connectivity index (χ3v) is 7.76. The molecule has 1 aliphatic carbocycles. The lowest BCUT2D eigenvalue weighted by Gasteiger charge is -2.24. The second kappa shape index (κ2) is 17.6. The number of alkyl halides is 10. The molecule has 2 heterocycles. The maximum atomic E-state index is 12.1. The number of amides is 2. The van der Waals surface area contributed by atoms with E-state index in [1.54, 1.807) is 0 Å². The number of fused-ring (bicyclic) bond motifs is 1. The van der Waals surface area contributed by atoms with Gasteiger partial charge in [-0.05, 0) is 19.3 Å². The number of imide groups is 1. The zero-order chi connectivity index (χ0) is 28.1. The Kier molecular flexibility index (Phi) is 17.2. The van der Waals surface area contributed by atoms with E-state index in [1.807, 2.05) is 19.2 Å². The van der Waals surface area contributed by atoms with Gasteiger partial charge in [-0.15, -0.1) is 23.2 Å². The lowest BCUT2D eigenvalue weighted by atomic mass is 9.85. The number of carbonyl (C=O) groups excluding carboxylic acids is 2. The van der Waals surface area contributed by atoms with Crippen LogP contribution in [0.1, 0.15) is 32.6 Å². The lowest BCUT2D eigenvalue weighted by Crippen LogP contribution is -2.31. The van der Waals surface area contributed by atoms with Crippen molar-refractivity contribution in [3.8, 4) is 0 Å². The van der Waals surface area contributed by atoms with Gasteiger partial charge in [-0.1, -0.05) is 48.7 Å². The maximum absolute atomic E-state index is 12.1. The molecule has 1 aliphatic heterocycles. The third kappa shape index (κ3) is 13.6. The first-order valence-electron chi connectivity index (χ1n) is 10.4. The van der Waals surface area contributed by atoms with E-state index < -0.39 is 21.9 Å². The summed E-state index contributed by atoms with van der Waals surface area (Å²) in [5, 5.41) is 0. The fraction of sp³-hybridized carbons (Fsp3) is 0.650. The highest BCUT2D eigenvalue weighted by Crippen LogP contribution is 2.48. The summed E-state index contributed by atoms with van der Waals surface area (Å²) in [5.74, 6) is -1.19. The Morgan fingerprint density at radius 1 is 1.03 bits per heavy atom. The van der Waals surface area contributed by atoms with E-state index in [1.165, 1.54) is 12.8 Å². The highest BCUT2D eigenvalue weighted by Gasteiger charge is 2.51. The van der Waals surface area contributed by atoms with Crippen LogP contribution in [0.15, 0.2) is 30.9 Å². The summed E-state index contributed by atoms with van der Waals surface area (Å²) < 4.78 is 61.6. The van der Waals surface area contributed by atoms with E-state index in [0.29, 0.717) is 24.8 Å². The molecule has 1 saturated heterocycles. The average Bonchev–Trinajstić information content (AvgIpc) is 3.28. The van der Waals surface area contributed by atoms with Crippen LogP contribution in [0.3, 0.4) is 0 Å². The van der Waals surface area contributed by atoms with Crippen molar-refractivity contribution in [1.29, 1.82) is 0 Å². The van der Waals surface area contributed by atoms with Gasteiger partial charge < -0.3 is 0 Å². The van der Waals surface area contributed by atoms with Crippen LogP contribution in [-0.2, 0) is 23.2 Å². The van der Waals surface area contributed by atoms with Crippen molar-refractivity contribution in [2.24, 2.45) is 18.9 Å². The molecule has 0 saturated carbocycles. The van der Waals surface area contributed by atoms with E-state index in [-0.39, 0.29) is 23.7 Å². The Morgan fingerprint density at radius 3 is 1.81 bits per heavy atom. The summed E-state index contributed by atoms with van der Waals surface area (Å²) in [6.45, 7) is -3.97. The molecule has 3 rings (SSSR count). The Labute approximate surface area is 229 Å². The molecule has 0 N–H and O–H groups in total. The highest BCUT2D eigenvalue weighted by molar-refractivity contribution is 8.02. The summed E-state index contributed by atoms with van der Waals surface area (Å²) in [4.78, 5) is 23.1. The third-order valence-electron chi connectivity index (χ3n) is 4.53. The molecule has 0 bridgehead atoms. The van der Waals surface area contributed by atoms with Crippen molar-refractivity contribution in [3.05, 3.63) is 30.9 Å².